The van der Waals surface area contributed by atoms with Crippen molar-refractivity contribution in [2.24, 2.45) is 0 Å². The molecule has 7 heteroatoms. The van der Waals surface area contributed by atoms with E-state index in [2.05, 4.69) is 32.3 Å². The van der Waals surface area contributed by atoms with Gasteiger partial charge in [0.15, 0.2) is 0 Å². The van der Waals surface area contributed by atoms with Gasteiger partial charge >= 0.3 is 0 Å². The van der Waals surface area contributed by atoms with Crippen LogP contribution in [0.25, 0.3) is 11.5 Å². The molecular formula is C12H16ClN5O. The summed E-state index contributed by atoms with van der Waals surface area (Å²) in [6.07, 6.45) is 8.24. The Bertz CT molecular complexity index is 524. The van der Waals surface area contributed by atoms with Crippen LogP contribution in [0.15, 0.2) is 23.1 Å². The van der Waals surface area contributed by atoms with E-state index in [-0.39, 0.29) is 17.9 Å². The van der Waals surface area contributed by atoms with Gasteiger partial charge in [0.1, 0.15) is 5.69 Å². The van der Waals surface area contributed by atoms with Crippen LogP contribution >= 0.6 is 12.4 Å². The monoisotopic (exact) mass is 281 g/mol. The third-order valence-corrected chi connectivity index (χ3v) is 3.31. The Labute approximate surface area is 117 Å². The number of rotatable bonds is 2. The highest BCUT2D eigenvalue weighted by Gasteiger charge is 2.34. The van der Waals surface area contributed by atoms with Gasteiger partial charge in [0.2, 0.25) is 11.7 Å². The predicted molar refractivity (Wildman–Crippen MR) is 71.8 cm³/mol. The van der Waals surface area contributed by atoms with Gasteiger partial charge in [-0.2, -0.15) is 4.98 Å². The second-order valence-corrected chi connectivity index (χ2v) is 4.73. The Morgan fingerprint density at radius 2 is 2.21 bits per heavy atom. The van der Waals surface area contributed by atoms with Gasteiger partial charge in [0.05, 0.1) is 11.7 Å². The van der Waals surface area contributed by atoms with E-state index in [9.17, 15) is 0 Å². The van der Waals surface area contributed by atoms with Crippen LogP contribution in [0.2, 0.25) is 0 Å². The highest BCUT2D eigenvalue weighted by Crippen LogP contribution is 2.29. The molecule has 19 heavy (non-hydrogen) atoms. The maximum Gasteiger partial charge on any atom is 0.247 e. The van der Waals surface area contributed by atoms with Gasteiger partial charge in [-0.1, -0.05) is 5.16 Å². The summed E-state index contributed by atoms with van der Waals surface area (Å²) in [7, 11) is 0. The molecule has 2 aromatic heterocycles. The van der Waals surface area contributed by atoms with Crippen molar-refractivity contribution in [2.75, 3.05) is 6.54 Å². The molecule has 1 fully saturated rings. The van der Waals surface area contributed by atoms with E-state index in [0.29, 0.717) is 17.4 Å². The molecule has 6 nitrogen and oxygen atoms in total. The largest absolute Gasteiger partial charge is 0.337 e. The number of halogens is 1. The molecule has 0 amide bonds. The van der Waals surface area contributed by atoms with Crippen molar-refractivity contribution in [3.8, 4) is 11.5 Å². The van der Waals surface area contributed by atoms with Crippen molar-refractivity contribution in [3.05, 3.63) is 24.5 Å². The number of piperidine rings is 1. The lowest BCUT2D eigenvalue weighted by Crippen LogP contribution is -2.43. The molecule has 102 valence electrons. The molecule has 0 saturated carbocycles. The molecule has 0 spiro atoms. The number of hydrogen-bond acceptors (Lipinski definition) is 6. The average Bonchev–Trinajstić information content (AvgIpc) is 2.91. The average molecular weight is 282 g/mol. The highest BCUT2D eigenvalue weighted by molar-refractivity contribution is 5.85. The molecule has 1 atom stereocenters. The number of nitrogens with one attached hydrogen (secondary N) is 1. The summed E-state index contributed by atoms with van der Waals surface area (Å²) in [6.45, 7) is 3.08. The van der Waals surface area contributed by atoms with Crippen molar-refractivity contribution >= 4 is 12.4 Å². The van der Waals surface area contributed by atoms with Crippen molar-refractivity contribution in [2.45, 2.75) is 31.7 Å². The minimum Gasteiger partial charge on any atom is -0.337 e. The number of aromatic nitrogens is 4. The Morgan fingerprint density at radius 1 is 1.32 bits per heavy atom. The summed E-state index contributed by atoms with van der Waals surface area (Å²) < 4.78 is 5.37. The summed E-state index contributed by atoms with van der Waals surface area (Å²) in [5.74, 6) is 1.12. The smallest absolute Gasteiger partial charge is 0.247 e. The zero-order valence-corrected chi connectivity index (χ0v) is 11.5. The molecule has 1 saturated heterocycles. The molecule has 0 radical (unpaired) electrons. The van der Waals surface area contributed by atoms with Crippen LogP contribution in [0.1, 0.15) is 32.1 Å². The van der Waals surface area contributed by atoms with Crippen molar-refractivity contribution < 1.29 is 4.52 Å². The molecule has 1 N–H and O–H groups in total. The third-order valence-electron chi connectivity index (χ3n) is 3.31. The van der Waals surface area contributed by atoms with Crippen LogP contribution in [0, 0.1) is 0 Å². The van der Waals surface area contributed by atoms with Crippen LogP contribution < -0.4 is 5.32 Å². The highest BCUT2D eigenvalue weighted by atomic mass is 35.5. The zero-order chi connectivity index (χ0) is 12.4. The van der Waals surface area contributed by atoms with E-state index in [4.69, 9.17) is 4.52 Å². The lowest BCUT2D eigenvalue weighted by molar-refractivity contribution is 0.207. The normalized spacial score (nSPS) is 22.8. The first-order chi connectivity index (χ1) is 8.78. The standard InChI is InChI=1S/C12H15N5O.ClH/c1-12(4-2-3-5-15-12)11-16-10(17-18-11)9-8-13-6-7-14-9;/h6-8,15H,2-5H2,1H3;1H. The lowest BCUT2D eigenvalue weighted by Gasteiger charge is -2.31. The van der Waals surface area contributed by atoms with Crippen molar-refractivity contribution in [1.82, 2.24) is 25.4 Å². The van der Waals surface area contributed by atoms with E-state index < -0.39 is 0 Å². The molecule has 1 aliphatic rings. The molecule has 0 aliphatic carbocycles. The fourth-order valence-corrected chi connectivity index (χ4v) is 2.20. The van der Waals surface area contributed by atoms with Crippen LogP contribution in [0.5, 0.6) is 0 Å². The van der Waals surface area contributed by atoms with Gasteiger partial charge in [-0.15, -0.1) is 12.4 Å². The van der Waals surface area contributed by atoms with Gasteiger partial charge in [0.25, 0.3) is 0 Å². The van der Waals surface area contributed by atoms with Crippen LogP contribution in [-0.4, -0.2) is 26.7 Å². The second-order valence-electron chi connectivity index (χ2n) is 4.73. The Morgan fingerprint density at radius 3 is 2.89 bits per heavy atom. The first-order valence-electron chi connectivity index (χ1n) is 6.13. The minimum absolute atomic E-state index is 0. The summed E-state index contributed by atoms with van der Waals surface area (Å²) >= 11 is 0. The predicted octanol–water partition coefficient (Wildman–Crippen LogP) is 1.94. The molecule has 1 aliphatic heterocycles. The van der Waals surface area contributed by atoms with Crippen LogP contribution in [0.3, 0.4) is 0 Å². The first kappa shape index (κ1) is 13.9. The second kappa shape index (κ2) is 5.63. The Hall–Kier alpha value is -1.53. The van der Waals surface area contributed by atoms with E-state index in [1.807, 2.05) is 0 Å². The molecular weight excluding hydrogens is 266 g/mol. The van der Waals surface area contributed by atoms with Crippen molar-refractivity contribution in [3.63, 3.8) is 0 Å². The fourth-order valence-electron chi connectivity index (χ4n) is 2.20. The summed E-state index contributed by atoms with van der Waals surface area (Å²) in [4.78, 5) is 12.6. The molecule has 0 bridgehead atoms. The quantitative estimate of drug-likeness (QED) is 0.906. The Balaban J connectivity index is 0.00000133. The van der Waals surface area contributed by atoms with Gasteiger partial charge in [-0.25, -0.2) is 4.98 Å². The SMILES string of the molecule is CC1(c2nc(-c3cnccn3)no2)CCCCN1.Cl. The lowest BCUT2D eigenvalue weighted by atomic mass is 9.91. The van der Waals surface area contributed by atoms with E-state index in [0.717, 1.165) is 13.0 Å². The molecule has 3 heterocycles. The van der Waals surface area contributed by atoms with Crippen LogP contribution in [0.4, 0.5) is 0 Å². The van der Waals surface area contributed by atoms with Crippen molar-refractivity contribution in [1.29, 1.82) is 0 Å². The third kappa shape index (κ3) is 2.74. The van der Waals surface area contributed by atoms with Gasteiger partial charge in [-0.05, 0) is 32.7 Å². The van der Waals surface area contributed by atoms with Gasteiger partial charge in [0, 0.05) is 12.4 Å². The summed E-state index contributed by atoms with van der Waals surface area (Å²) in [5.41, 5.74) is 0.415. The molecule has 0 aromatic carbocycles. The van der Waals surface area contributed by atoms with E-state index >= 15 is 0 Å². The zero-order valence-electron chi connectivity index (χ0n) is 10.7. The Kier molecular flexibility index (Phi) is 4.11. The topological polar surface area (TPSA) is 76.7 Å². The maximum absolute atomic E-state index is 5.37. The van der Waals surface area contributed by atoms with E-state index in [1.165, 1.54) is 12.8 Å². The molecule has 3 rings (SSSR count). The molecule has 2 aromatic rings. The van der Waals surface area contributed by atoms with Gasteiger partial charge in [-0.3, -0.25) is 4.98 Å². The number of nitrogens with zero attached hydrogens (tertiary/aromatic N) is 4. The van der Waals surface area contributed by atoms with Crippen LogP contribution in [-0.2, 0) is 5.54 Å². The minimum atomic E-state index is -0.217. The van der Waals surface area contributed by atoms with E-state index in [1.54, 1.807) is 18.6 Å². The summed E-state index contributed by atoms with van der Waals surface area (Å²) in [5, 5.41) is 7.42. The number of hydrogen-bond donors (Lipinski definition) is 1. The molecule has 1 unspecified atom stereocenters. The summed E-state index contributed by atoms with van der Waals surface area (Å²) in [6, 6.07) is 0. The van der Waals surface area contributed by atoms with Gasteiger partial charge < -0.3 is 9.84 Å². The maximum atomic E-state index is 5.37. The fraction of sp³-hybridized carbons (Fsp3) is 0.500. The first-order valence-corrected chi connectivity index (χ1v) is 6.13.